The summed E-state index contributed by atoms with van der Waals surface area (Å²) in [7, 11) is 0. The number of nitrogens with one attached hydrogen (secondary N) is 1. The molecular formula is C17H17N5O2S. The van der Waals surface area contributed by atoms with E-state index in [9.17, 15) is 0 Å². The summed E-state index contributed by atoms with van der Waals surface area (Å²) in [5.41, 5.74) is 7.76. The monoisotopic (exact) mass is 355 g/mol. The Morgan fingerprint density at radius 2 is 2.04 bits per heavy atom. The maximum atomic E-state index is 5.99. The molecule has 0 bridgehead atoms. The molecule has 0 saturated carbocycles. The predicted molar refractivity (Wildman–Crippen MR) is 97.8 cm³/mol. The predicted octanol–water partition coefficient (Wildman–Crippen LogP) is 2.85. The minimum absolute atomic E-state index is 0.232. The molecule has 0 amide bonds. The molecule has 2 aromatic heterocycles. The highest BCUT2D eigenvalue weighted by atomic mass is 32.1. The standard InChI is InChI=1S/C17H17N5O2S/c1-9-3-4-14(25-9)15-20-16(18)21-17-19-10-7-12-13(8-11(10)22(15)17)24-6-2-5-23-12/h3-4,7-8,15H,2,5-6H2,1H3,(H3,18,19,20,21). The Labute approximate surface area is 148 Å². The summed E-state index contributed by atoms with van der Waals surface area (Å²) in [6.45, 7) is 3.38. The number of hydrogen-bond donors (Lipinski definition) is 2. The average molecular weight is 355 g/mol. The quantitative estimate of drug-likeness (QED) is 0.701. The summed E-state index contributed by atoms with van der Waals surface area (Å²) in [4.78, 5) is 11.6. The minimum atomic E-state index is -0.232. The number of aliphatic imine (C=N–C) groups is 1. The SMILES string of the molecule is Cc1ccc(C2N=C(N)Nc3nc4cc5c(cc4n32)OCCCO5)s1. The number of fused-ring (bicyclic) bond motifs is 4. The van der Waals surface area contributed by atoms with Gasteiger partial charge in [-0.25, -0.2) is 9.98 Å². The van der Waals surface area contributed by atoms with Gasteiger partial charge in [-0.05, 0) is 19.1 Å². The summed E-state index contributed by atoms with van der Waals surface area (Å²) < 4.78 is 13.7. The first-order valence-corrected chi connectivity index (χ1v) is 8.99. The molecule has 1 atom stereocenters. The van der Waals surface area contributed by atoms with E-state index in [1.165, 1.54) is 4.88 Å². The number of hydrogen-bond acceptors (Lipinski definition) is 7. The number of imidazole rings is 1. The van der Waals surface area contributed by atoms with Gasteiger partial charge in [-0.1, -0.05) is 0 Å². The maximum absolute atomic E-state index is 5.99. The molecule has 4 heterocycles. The van der Waals surface area contributed by atoms with Gasteiger partial charge in [0, 0.05) is 28.3 Å². The van der Waals surface area contributed by atoms with Gasteiger partial charge < -0.3 is 15.2 Å². The zero-order valence-corrected chi connectivity index (χ0v) is 14.5. The topological polar surface area (TPSA) is 86.7 Å². The Kier molecular flexibility index (Phi) is 3.14. The van der Waals surface area contributed by atoms with Gasteiger partial charge in [0.15, 0.2) is 23.6 Å². The Morgan fingerprint density at radius 1 is 1.24 bits per heavy atom. The number of guanidine groups is 1. The van der Waals surface area contributed by atoms with E-state index in [0.29, 0.717) is 25.1 Å². The van der Waals surface area contributed by atoms with E-state index in [-0.39, 0.29) is 6.17 Å². The van der Waals surface area contributed by atoms with Crippen molar-refractivity contribution >= 4 is 34.3 Å². The molecule has 2 aliphatic rings. The van der Waals surface area contributed by atoms with Crippen LogP contribution in [0.25, 0.3) is 11.0 Å². The fourth-order valence-electron chi connectivity index (χ4n) is 3.21. The molecule has 25 heavy (non-hydrogen) atoms. The van der Waals surface area contributed by atoms with Crippen molar-refractivity contribution in [3.05, 3.63) is 34.0 Å². The van der Waals surface area contributed by atoms with Crippen molar-refractivity contribution in [1.82, 2.24) is 9.55 Å². The summed E-state index contributed by atoms with van der Waals surface area (Å²) in [5, 5.41) is 3.06. The fourth-order valence-corrected chi connectivity index (χ4v) is 4.11. The highest BCUT2D eigenvalue weighted by Crippen LogP contribution is 2.40. The second-order valence-electron chi connectivity index (χ2n) is 6.10. The van der Waals surface area contributed by atoms with Gasteiger partial charge in [0.1, 0.15) is 0 Å². The van der Waals surface area contributed by atoms with Crippen LogP contribution >= 0.6 is 11.3 Å². The van der Waals surface area contributed by atoms with E-state index in [0.717, 1.165) is 33.8 Å². The second kappa shape index (κ2) is 5.38. The van der Waals surface area contributed by atoms with Crippen molar-refractivity contribution in [2.45, 2.75) is 19.5 Å². The van der Waals surface area contributed by atoms with E-state index in [2.05, 4.69) is 38.9 Å². The van der Waals surface area contributed by atoms with Crippen molar-refractivity contribution in [1.29, 1.82) is 0 Å². The van der Waals surface area contributed by atoms with Crippen LogP contribution in [0.2, 0.25) is 0 Å². The van der Waals surface area contributed by atoms with Crippen LogP contribution in [0.4, 0.5) is 5.95 Å². The lowest BCUT2D eigenvalue weighted by molar-refractivity contribution is 0.297. The summed E-state index contributed by atoms with van der Waals surface area (Å²) >= 11 is 1.71. The molecular weight excluding hydrogens is 338 g/mol. The molecule has 7 nitrogen and oxygen atoms in total. The molecule has 1 unspecified atom stereocenters. The first-order chi connectivity index (χ1) is 12.2. The molecule has 0 spiro atoms. The number of nitrogens with two attached hydrogens (primary N) is 1. The first kappa shape index (κ1) is 14.6. The highest BCUT2D eigenvalue weighted by Gasteiger charge is 2.27. The summed E-state index contributed by atoms with van der Waals surface area (Å²) in [6, 6.07) is 8.09. The van der Waals surface area contributed by atoms with Crippen LogP contribution in [0.5, 0.6) is 11.5 Å². The van der Waals surface area contributed by atoms with Gasteiger partial charge in [-0.15, -0.1) is 11.3 Å². The average Bonchev–Trinajstić information content (AvgIpc) is 3.08. The zero-order chi connectivity index (χ0) is 17.0. The van der Waals surface area contributed by atoms with Crippen LogP contribution in [0.15, 0.2) is 29.3 Å². The molecule has 128 valence electrons. The van der Waals surface area contributed by atoms with Gasteiger partial charge in [-0.2, -0.15) is 0 Å². The largest absolute Gasteiger partial charge is 0.489 e. The van der Waals surface area contributed by atoms with E-state index in [4.69, 9.17) is 15.2 Å². The van der Waals surface area contributed by atoms with Gasteiger partial charge in [0.2, 0.25) is 5.95 Å². The Morgan fingerprint density at radius 3 is 2.80 bits per heavy atom. The van der Waals surface area contributed by atoms with Crippen LogP contribution in [-0.4, -0.2) is 28.7 Å². The summed E-state index contributed by atoms with van der Waals surface area (Å²) in [5.74, 6) is 2.53. The van der Waals surface area contributed by atoms with Crippen LogP contribution in [0.1, 0.15) is 22.3 Å². The second-order valence-corrected chi connectivity index (χ2v) is 7.42. The molecule has 8 heteroatoms. The van der Waals surface area contributed by atoms with Crippen LogP contribution in [0.3, 0.4) is 0 Å². The van der Waals surface area contributed by atoms with Crippen molar-refractivity contribution in [2.75, 3.05) is 18.5 Å². The van der Waals surface area contributed by atoms with Crippen LogP contribution < -0.4 is 20.5 Å². The number of ether oxygens (including phenoxy) is 2. The number of aryl methyl sites for hydroxylation is 1. The normalized spacial score (nSPS) is 19.1. The van der Waals surface area contributed by atoms with Gasteiger partial charge in [0.25, 0.3) is 0 Å². The van der Waals surface area contributed by atoms with Gasteiger partial charge >= 0.3 is 0 Å². The molecule has 1 aromatic carbocycles. The zero-order valence-electron chi connectivity index (χ0n) is 13.7. The summed E-state index contributed by atoms with van der Waals surface area (Å²) in [6.07, 6.45) is 0.640. The van der Waals surface area contributed by atoms with Gasteiger partial charge in [0.05, 0.1) is 24.2 Å². The maximum Gasteiger partial charge on any atom is 0.212 e. The number of thiophene rings is 1. The smallest absolute Gasteiger partial charge is 0.212 e. The molecule has 3 N–H and O–H groups in total. The van der Waals surface area contributed by atoms with Gasteiger partial charge in [-0.3, -0.25) is 9.88 Å². The fraction of sp³-hybridized carbons (Fsp3) is 0.294. The van der Waals surface area contributed by atoms with E-state index < -0.39 is 0 Å². The van der Waals surface area contributed by atoms with Crippen LogP contribution in [0, 0.1) is 6.92 Å². The lowest BCUT2D eigenvalue weighted by Crippen LogP contribution is -2.31. The molecule has 0 radical (unpaired) electrons. The minimum Gasteiger partial charge on any atom is -0.489 e. The molecule has 5 rings (SSSR count). The number of nitrogens with zero attached hydrogens (tertiary/aromatic N) is 3. The third-order valence-corrected chi connectivity index (χ3v) is 5.36. The number of anilines is 1. The third kappa shape index (κ3) is 2.32. The molecule has 0 saturated heterocycles. The van der Waals surface area contributed by atoms with Crippen molar-refractivity contribution in [2.24, 2.45) is 10.7 Å². The number of rotatable bonds is 1. The third-order valence-electron chi connectivity index (χ3n) is 4.32. The van der Waals surface area contributed by atoms with E-state index in [1.54, 1.807) is 11.3 Å². The molecule has 0 aliphatic carbocycles. The van der Waals surface area contributed by atoms with E-state index >= 15 is 0 Å². The highest BCUT2D eigenvalue weighted by molar-refractivity contribution is 7.12. The lowest BCUT2D eigenvalue weighted by Gasteiger charge is -2.22. The van der Waals surface area contributed by atoms with Crippen molar-refractivity contribution in [3.63, 3.8) is 0 Å². The molecule has 2 aliphatic heterocycles. The first-order valence-electron chi connectivity index (χ1n) is 8.17. The Balaban J connectivity index is 1.72. The Hall–Kier alpha value is -2.74. The molecule has 3 aromatic rings. The van der Waals surface area contributed by atoms with Crippen molar-refractivity contribution in [3.8, 4) is 11.5 Å². The van der Waals surface area contributed by atoms with Crippen molar-refractivity contribution < 1.29 is 9.47 Å². The Bertz CT molecular complexity index is 1010. The lowest BCUT2D eigenvalue weighted by atomic mass is 10.2. The van der Waals surface area contributed by atoms with E-state index in [1.807, 2.05) is 12.1 Å². The number of benzene rings is 1. The molecule has 0 fully saturated rings. The van der Waals surface area contributed by atoms with Crippen LogP contribution in [-0.2, 0) is 0 Å². The number of aromatic nitrogens is 2.